The lowest BCUT2D eigenvalue weighted by atomic mass is 10.2. The van der Waals surface area contributed by atoms with Gasteiger partial charge in [-0.3, -0.25) is 14.4 Å². The van der Waals surface area contributed by atoms with Gasteiger partial charge >= 0.3 is 17.9 Å². The average molecular weight is 395 g/mol. The molecule has 0 aromatic carbocycles. The van der Waals surface area contributed by atoms with Crippen molar-refractivity contribution < 1.29 is 28.6 Å². The number of rotatable bonds is 7. The lowest BCUT2D eigenvalue weighted by molar-refractivity contribution is -0.144. The molecule has 0 heterocycles. The number of hydrogen-bond acceptors (Lipinski definition) is 6. The van der Waals surface area contributed by atoms with Crippen molar-refractivity contribution in [3.63, 3.8) is 0 Å². The van der Waals surface area contributed by atoms with E-state index in [0.717, 1.165) is 12.8 Å². The van der Waals surface area contributed by atoms with Crippen LogP contribution in [0.3, 0.4) is 0 Å². The first kappa shape index (κ1) is 36.3. The molecule has 0 unspecified atom stereocenters. The molecule has 0 atom stereocenters. The summed E-state index contributed by atoms with van der Waals surface area (Å²) in [7, 11) is 4.20. The Labute approximate surface area is 168 Å². The third kappa shape index (κ3) is 45.5. The minimum absolute atomic E-state index is 0.00463. The van der Waals surface area contributed by atoms with Crippen LogP contribution in [0.4, 0.5) is 0 Å². The molecule has 0 spiro atoms. The minimum atomic E-state index is -0.157. The van der Waals surface area contributed by atoms with Crippen molar-refractivity contribution in [1.82, 2.24) is 0 Å². The standard InChI is InChI=1S/C8H16O2.C5H10O2.C4H8O2.2C2H6/c1-3-4-5-6-7-8(9)10-2;1-4(2)5(6)7-3;1-3-4(5)6-2;2*1-2/h3-7H2,1-2H3;4H,1-3H3;3H2,1-2H3;2*1-2H3. The van der Waals surface area contributed by atoms with Gasteiger partial charge in [0.25, 0.3) is 0 Å². The highest BCUT2D eigenvalue weighted by atomic mass is 16.5. The van der Waals surface area contributed by atoms with Crippen molar-refractivity contribution in [2.24, 2.45) is 5.92 Å². The molecular formula is C21H46O6. The van der Waals surface area contributed by atoms with Crippen molar-refractivity contribution in [2.75, 3.05) is 21.3 Å². The number of esters is 3. The number of hydrogen-bond donors (Lipinski definition) is 0. The Morgan fingerprint density at radius 1 is 0.704 bits per heavy atom. The first-order valence-corrected chi connectivity index (χ1v) is 10.0. The number of ether oxygens (including phenoxy) is 3. The molecule has 0 aromatic heterocycles. The van der Waals surface area contributed by atoms with E-state index in [1.165, 1.54) is 34.2 Å². The Hall–Kier alpha value is -1.59. The van der Waals surface area contributed by atoms with E-state index < -0.39 is 0 Å². The minimum Gasteiger partial charge on any atom is -0.469 e. The zero-order valence-electron chi connectivity index (χ0n) is 19.8. The molecule has 0 saturated carbocycles. The quantitative estimate of drug-likeness (QED) is 0.319. The third-order valence-electron chi connectivity index (χ3n) is 2.65. The molecule has 0 N–H and O–H groups in total. The second-order valence-corrected chi connectivity index (χ2v) is 4.99. The fourth-order valence-corrected chi connectivity index (χ4v) is 1.18. The predicted molar refractivity (Wildman–Crippen MR) is 113 cm³/mol. The molecule has 0 amide bonds. The van der Waals surface area contributed by atoms with Crippen LogP contribution < -0.4 is 0 Å². The van der Waals surface area contributed by atoms with Gasteiger partial charge in [0.1, 0.15) is 0 Å². The van der Waals surface area contributed by atoms with Crippen molar-refractivity contribution in [3.05, 3.63) is 0 Å². The van der Waals surface area contributed by atoms with Crippen LogP contribution in [0.1, 0.15) is 93.9 Å². The van der Waals surface area contributed by atoms with Gasteiger partial charge in [0, 0.05) is 12.8 Å². The van der Waals surface area contributed by atoms with Crippen molar-refractivity contribution in [2.45, 2.75) is 93.9 Å². The second kappa shape index (κ2) is 35.5. The number of methoxy groups -OCH3 is 3. The summed E-state index contributed by atoms with van der Waals surface area (Å²) in [4.78, 5) is 30.8. The largest absolute Gasteiger partial charge is 0.469 e. The molecule has 0 bridgehead atoms. The van der Waals surface area contributed by atoms with Crippen LogP contribution in [0.25, 0.3) is 0 Å². The molecule has 27 heavy (non-hydrogen) atoms. The zero-order valence-corrected chi connectivity index (χ0v) is 19.8. The first-order chi connectivity index (χ1) is 12.8. The van der Waals surface area contributed by atoms with Gasteiger partial charge in [-0.15, -0.1) is 0 Å². The maximum absolute atomic E-state index is 10.6. The molecule has 6 heteroatoms. The SMILES string of the molecule is CC.CC.CCC(=O)OC.CCCCCCC(=O)OC.COC(=O)C(C)C. The van der Waals surface area contributed by atoms with E-state index in [4.69, 9.17) is 0 Å². The summed E-state index contributed by atoms with van der Waals surface area (Å²) in [5.41, 5.74) is 0. The van der Waals surface area contributed by atoms with E-state index in [-0.39, 0.29) is 23.8 Å². The van der Waals surface area contributed by atoms with E-state index in [9.17, 15) is 14.4 Å². The van der Waals surface area contributed by atoms with Crippen LogP contribution in [-0.4, -0.2) is 39.2 Å². The first-order valence-electron chi connectivity index (χ1n) is 10.0. The van der Waals surface area contributed by atoms with Crippen molar-refractivity contribution >= 4 is 17.9 Å². The predicted octanol–water partition coefficient (Wildman–Crippen LogP) is 5.57. The second-order valence-electron chi connectivity index (χ2n) is 4.99. The van der Waals surface area contributed by atoms with Gasteiger partial charge in [0.15, 0.2) is 0 Å². The highest BCUT2D eigenvalue weighted by molar-refractivity contribution is 5.71. The maximum Gasteiger partial charge on any atom is 0.308 e. The molecule has 0 saturated heterocycles. The summed E-state index contributed by atoms with van der Waals surface area (Å²) < 4.78 is 13.1. The molecule has 6 nitrogen and oxygen atoms in total. The third-order valence-corrected chi connectivity index (χ3v) is 2.65. The number of carbonyl (C=O) groups is 3. The van der Waals surface area contributed by atoms with Gasteiger partial charge in [-0.25, -0.2) is 0 Å². The molecule has 0 aliphatic carbocycles. The summed E-state index contributed by atoms with van der Waals surface area (Å²) in [6.07, 6.45) is 5.59. The molecule has 0 aliphatic heterocycles. The van der Waals surface area contributed by atoms with Crippen LogP contribution in [0, 0.1) is 5.92 Å². The Morgan fingerprint density at radius 2 is 1.15 bits per heavy atom. The molecule has 0 aromatic rings. The highest BCUT2D eigenvalue weighted by Crippen LogP contribution is 2.02. The Morgan fingerprint density at radius 3 is 1.33 bits per heavy atom. The van der Waals surface area contributed by atoms with Gasteiger partial charge < -0.3 is 14.2 Å². The van der Waals surface area contributed by atoms with Gasteiger partial charge in [0.05, 0.1) is 27.2 Å². The lowest BCUT2D eigenvalue weighted by Gasteiger charge is -1.97. The van der Waals surface area contributed by atoms with E-state index in [0.29, 0.717) is 12.8 Å². The molecular weight excluding hydrogens is 348 g/mol. The van der Waals surface area contributed by atoms with Gasteiger partial charge in [0.2, 0.25) is 0 Å². The smallest absolute Gasteiger partial charge is 0.308 e. The Balaban J connectivity index is -0.0000000842. The summed E-state index contributed by atoms with van der Waals surface area (Å²) >= 11 is 0. The fraction of sp³-hybridized carbons (Fsp3) is 0.857. The van der Waals surface area contributed by atoms with Crippen LogP contribution in [0.5, 0.6) is 0 Å². The zero-order chi connectivity index (χ0) is 22.7. The van der Waals surface area contributed by atoms with Crippen molar-refractivity contribution in [1.29, 1.82) is 0 Å². The fourth-order valence-electron chi connectivity index (χ4n) is 1.18. The van der Waals surface area contributed by atoms with Crippen LogP contribution in [0.2, 0.25) is 0 Å². The average Bonchev–Trinajstić information content (AvgIpc) is 2.73. The number of unbranched alkanes of at least 4 members (excludes halogenated alkanes) is 3. The van der Waals surface area contributed by atoms with E-state index in [2.05, 4.69) is 21.1 Å². The monoisotopic (exact) mass is 394 g/mol. The van der Waals surface area contributed by atoms with Crippen LogP contribution in [-0.2, 0) is 28.6 Å². The molecule has 0 fully saturated rings. The molecule has 0 radical (unpaired) electrons. The summed E-state index contributed by atoms with van der Waals surface area (Å²) in [5, 5.41) is 0. The van der Waals surface area contributed by atoms with Gasteiger partial charge in [-0.05, 0) is 6.42 Å². The van der Waals surface area contributed by atoms with Crippen LogP contribution in [0.15, 0.2) is 0 Å². The van der Waals surface area contributed by atoms with Gasteiger partial charge in [-0.1, -0.05) is 74.7 Å². The molecule has 0 aliphatic rings. The van der Waals surface area contributed by atoms with E-state index in [1.807, 2.05) is 27.7 Å². The van der Waals surface area contributed by atoms with E-state index in [1.54, 1.807) is 20.8 Å². The topological polar surface area (TPSA) is 78.9 Å². The normalized spacial score (nSPS) is 8.00. The summed E-state index contributed by atoms with van der Waals surface area (Å²) in [5.74, 6) is -0.392. The van der Waals surface area contributed by atoms with E-state index >= 15 is 0 Å². The van der Waals surface area contributed by atoms with Gasteiger partial charge in [-0.2, -0.15) is 0 Å². The maximum atomic E-state index is 10.6. The Kier molecular flexibility index (Phi) is 47.8. The van der Waals surface area contributed by atoms with Crippen molar-refractivity contribution in [3.8, 4) is 0 Å². The highest BCUT2D eigenvalue weighted by Gasteiger charge is 2.03. The Bertz CT molecular complexity index is 295. The summed E-state index contributed by atoms with van der Waals surface area (Å²) in [6.45, 7) is 15.5. The van der Waals surface area contributed by atoms with Crippen LogP contribution >= 0.6 is 0 Å². The number of carbonyl (C=O) groups excluding carboxylic acids is 3. The molecule has 0 rings (SSSR count). The summed E-state index contributed by atoms with van der Waals surface area (Å²) in [6, 6.07) is 0. The lowest BCUT2D eigenvalue weighted by Crippen LogP contribution is -2.07. The molecule has 166 valence electrons.